The zero-order valence-electron chi connectivity index (χ0n) is 18.1. The Kier molecular flexibility index (Phi) is 8.64. The average molecular weight is 527 g/mol. The Labute approximate surface area is 211 Å². The first-order valence-corrected chi connectivity index (χ1v) is 12.1. The summed E-state index contributed by atoms with van der Waals surface area (Å²) in [5, 5.41) is 14.5. The highest BCUT2D eigenvalue weighted by Crippen LogP contribution is 2.26. The van der Waals surface area contributed by atoms with E-state index >= 15 is 0 Å². The fourth-order valence-corrected chi connectivity index (χ4v) is 4.24. The number of carbonyl (C=O) groups excluding carboxylic acids is 2. The Bertz CT molecular complexity index is 1170. The Morgan fingerprint density at radius 2 is 1.88 bits per heavy atom. The molecule has 1 aromatic heterocycles. The minimum Gasteiger partial charge on any atom is -0.342 e. The molecule has 0 aliphatic heterocycles. The summed E-state index contributed by atoms with van der Waals surface area (Å²) in [4.78, 5) is 29.5. The number of nitrogens with zero attached hydrogens (tertiary/aromatic N) is 2. The van der Waals surface area contributed by atoms with E-state index in [4.69, 9.17) is 34.8 Å². The van der Waals surface area contributed by atoms with E-state index < -0.39 is 6.04 Å². The quantitative estimate of drug-likeness (QED) is 0.316. The van der Waals surface area contributed by atoms with Crippen LogP contribution in [0.5, 0.6) is 0 Å². The van der Waals surface area contributed by atoms with E-state index in [-0.39, 0.29) is 28.5 Å². The van der Waals surface area contributed by atoms with E-state index in [1.807, 2.05) is 20.8 Å². The number of anilines is 1. The first-order chi connectivity index (χ1) is 15.7. The van der Waals surface area contributed by atoms with Crippen LogP contribution in [0.2, 0.25) is 15.1 Å². The lowest BCUT2D eigenvalue weighted by atomic mass is 10.0. The van der Waals surface area contributed by atoms with Gasteiger partial charge in [-0.2, -0.15) is 0 Å². The van der Waals surface area contributed by atoms with Crippen molar-refractivity contribution in [2.24, 2.45) is 5.92 Å². The molecule has 3 N–H and O–H groups in total. The predicted octanol–water partition coefficient (Wildman–Crippen LogP) is 5.93. The van der Waals surface area contributed by atoms with Crippen molar-refractivity contribution in [2.75, 3.05) is 11.1 Å². The number of aromatic amines is 1. The molecule has 3 rings (SSSR count). The molecule has 7 nitrogen and oxygen atoms in total. The van der Waals surface area contributed by atoms with Crippen molar-refractivity contribution in [3.63, 3.8) is 0 Å². The molecule has 174 valence electrons. The second-order valence-electron chi connectivity index (χ2n) is 7.57. The maximum Gasteiger partial charge on any atom is 0.253 e. The molecule has 0 saturated carbocycles. The van der Waals surface area contributed by atoms with Gasteiger partial charge in [0.1, 0.15) is 5.82 Å². The summed E-state index contributed by atoms with van der Waals surface area (Å²) in [6, 6.07) is 9.58. The minimum absolute atomic E-state index is 0.0138. The Hall–Kier alpha value is -2.26. The molecule has 0 bridgehead atoms. The molecule has 2 amide bonds. The van der Waals surface area contributed by atoms with Gasteiger partial charge in [0.15, 0.2) is 0 Å². The lowest BCUT2D eigenvalue weighted by Gasteiger charge is -2.20. The molecule has 0 aliphatic carbocycles. The van der Waals surface area contributed by atoms with Gasteiger partial charge in [0.2, 0.25) is 11.1 Å². The van der Waals surface area contributed by atoms with Crippen LogP contribution < -0.4 is 10.6 Å². The van der Waals surface area contributed by atoms with Crippen molar-refractivity contribution >= 4 is 64.1 Å². The van der Waals surface area contributed by atoms with E-state index in [9.17, 15) is 9.59 Å². The average Bonchev–Trinajstić information content (AvgIpc) is 3.22. The molecule has 0 aliphatic rings. The van der Waals surface area contributed by atoms with Crippen LogP contribution in [-0.4, -0.2) is 32.7 Å². The summed E-state index contributed by atoms with van der Waals surface area (Å²) in [5.41, 5.74) is 1.77. The van der Waals surface area contributed by atoms with Crippen LogP contribution in [0.15, 0.2) is 41.6 Å². The van der Waals surface area contributed by atoms with Crippen molar-refractivity contribution < 1.29 is 9.59 Å². The first-order valence-electron chi connectivity index (χ1n) is 10.0. The SMILES string of the molecule is Cc1c(Cl)cccc1NC(=O)CSc1n[nH]c(C(NC(=O)c2ccc(Cl)cc2Cl)C(C)C)n1. The molecule has 3 aromatic rings. The molecular formula is C22H22Cl3N5O2S. The minimum atomic E-state index is -0.436. The van der Waals surface area contributed by atoms with Crippen LogP contribution in [0, 0.1) is 12.8 Å². The fourth-order valence-electron chi connectivity index (χ4n) is 2.96. The fraction of sp³-hybridized carbons (Fsp3) is 0.273. The predicted molar refractivity (Wildman–Crippen MR) is 133 cm³/mol. The molecule has 0 spiro atoms. The third kappa shape index (κ3) is 6.63. The van der Waals surface area contributed by atoms with Gasteiger partial charge in [-0.3, -0.25) is 14.7 Å². The number of rotatable bonds is 8. The smallest absolute Gasteiger partial charge is 0.253 e. The normalized spacial score (nSPS) is 12.0. The van der Waals surface area contributed by atoms with E-state index in [0.29, 0.717) is 32.3 Å². The van der Waals surface area contributed by atoms with Crippen molar-refractivity contribution in [1.29, 1.82) is 0 Å². The van der Waals surface area contributed by atoms with Crippen molar-refractivity contribution in [1.82, 2.24) is 20.5 Å². The van der Waals surface area contributed by atoms with Crippen LogP contribution in [0.1, 0.15) is 41.6 Å². The molecule has 0 saturated heterocycles. The molecular weight excluding hydrogens is 505 g/mol. The van der Waals surface area contributed by atoms with Gasteiger partial charge in [0.05, 0.1) is 22.4 Å². The number of thioether (sulfide) groups is 1. The summed E-state index contributed by atoms with van der Waals surface area (Å²) in [6.07, 6.45) is 0. The van der Waals surface area contributed by atoms with Crippen LogP contribution >= 0.6 is 46.6 Å². The highest BCUT2D eigenvalue weighted by Gasteiger charge is 2.24. The number of nitrogens with one attached hydrogen (secondary N) is 3. The molecule has 0 fully saturated rings. The van der Waals surface area contributed by atoms with Gasteiger partial charge in [-0.25, -0.2) is 4.98 Å². The van der Waals surface area contributed by atoms with Gasteiger partial charge in [-0.1, -0.05) is 66.5 Å². The van der Waals surface area contributed by atoms with E-state index in [2.05, 4.69) is 25.8 Å². The number of amides is 2. The topological polar surface area (TPSA) is 99.8 Å². The molecule has 11 heteroatoms. The Morgan fingerprint density at radius 3 is 2.58 bits per heavy atom. The summed E-state index contributed by atoms with van der Waals surface area (Å²) in [6.45, 7) is 5.74. The number of H-pyrrole nitrogens is 1. The van der Waals surface area contributed by atoms with Crippen LogP contribution in [0.3, 0.4) is 0 Å². The summed E-state index contributed by atoms with van der Waals surface area (Å²) in [5.74, 6) is 0.0551. The summed E-state index contributed by atoms with van der Waals surface area (Å²) in [7, 11) is 0. The molecule has 1 atom stereocenters. The molecule has 33 heavy (non-hydrogen) atoms. The van der Waals surface area contributed by atoms with Gasteiger partial charge in [-0.15, -0.1) is 5.10 Å². The Morgan fingerprint density at radius 1 is 1.12 bits per heavy atom. The zero-order chi connectivity index (χ0) is 24.1. The molecule has 1 heterocycles. The highest BCUT2D eigenvalue weighted by atomic mass is 35.5. The van der Waals surface area contributed by atoms with E-state index in [1.165, 1.54) is 17.8 Å². The van der Waals surface area contributed by atoms with Gasteiger partial charge in [-0.05, 0) is 48.7 Å². The second kappa shape index (κ2) is 11.2. The maximum atomic E-state index is 12.7. The number of halogens is 3. The standard InChI is InChI=1S/C22H22Cl3N5O2S/c1-11(2)19(27-21(32)14-8-7-13(23)9-16(14)25)20-28-22(30-29-20)33-10-18(31)26-17-6-4-5-15(24)12(17)3/h4-9,11,19H,10H2,1-3H3,(H,26,31)(H,27,32)(H,28,29,30). The highest BCUT2D eigenvalue weighted by molar-refractivity contribution is 7.99. The third-order valence-corrected chi connectivity index (χ3v) is 6.58. The zero-order valence-corrected chi connectivity index (χ0v) is 21.2. The van der Waals surface area contributed by atoms with Gasteiger partial charge in [0, 0.05) is 15.7 Å². The number of benzene rings is 2. The maximum absolute atomic E-state index is 12.7. The van der Waals surface area contributed by atoms with Gasteiger partial charge < -0.3 is 10.6 Å². The summed E-state index contributed by atoms with van der Waals surface area (Å²) >= 11 is 19.3. The van der Waals surface area contributed by atoms with E-state index in [1.54, 1.807) is 30.3 Å². The number of carbonyl (C=O) groups is 2. The van der Waals surface area contributed by atoms with Gasteiger partial charge >= 0.3 is 0 Å². The van der Waals surface area contributed by atoms with E-state index in [0.717, 1.165) is 5.56 Å². The lowest BCUT2D eigenvalue weighted by molar-refractivity contribution is -0.113. The van der Waals surface area contributed by atoms with Gasteiger partial charge in [0.25, 0.3) is 5.91 Å². The third-order valence-electron chi connectivity index (χ3n) is 4.78. The van der Waals surface area contributed by atoms with Crippen molar-refractivity contribution in [2.45, 2.75) is 32.0 Å². The number of hydrogen-bond donors (Lipinski definition) is 3. The van der Waals surface area contributed by atoms with Crippen LogP contribution in [-0.2, 0) is 4.79 Å². The number of hydrogen-bond acceptors (Lipinski definition) is 5. The van der Waals surface area contributed by atoms with Crippen molar-refractivity contribution in [3.8, 4) is 0 Å². The summed E-state index contributed by atoms with van der Waals surface area (Å²) < 4.78 is 0. The second-order valence-corrected chi connectivity index (χ2v) is 9.77. The molecule has 0 radical (unpaired) electrons. The monoisotopic (exact) mass is 525 g/mol. The molecule has 2 aromatic carbocycles. The Balaban J connectivity index is 1.63. The lowest BCUT2D eigenvalue weighted by Crippen LogP contribution is -2.32. The van der Waals surface area contributed by atoms with Crippen molar-refractivity contribution in [3.05, 3.63) is 68.4 Å². The number of aromatic nitrogens is 3. The van der Waals surface area contributed by atoms with Crippen LogP contribution in [0.25, 0.3) is 0 Å². The largest absolute Gasteiger partial charge is 0.342 e. The first kappa shape index (κ1) is 25.4. The molecule has 1 unspecified atom stereocenters. The van der Waals surface area contributed by atoms with Crippen LogP contribution in [0.4, 0.5) is 5.69 Å².